The molecule has 0 aliphatic heterocycles. The molecule has 0 fully saturated rings. The molecule has 2 aromatic carbocycles. The maximum Gasteiger partial charge on any atom is 0.223 e. The monoisotopic (exact) mass is 339 g/mol. The van der Waals surface area contributed by atoms with E-state index >= 15 is 0 Å². The Kier molecular flexibility index (Phi) is 4.53. The summed E-state index contributed by atoms with van der Waals surface area (Å²) < 4.78 is 37.7. The van der Waals surface area contributed by atoms with Gasteiger partial charge in [-0.3, -0.25) is 0 Å². The molecular formula is C19H14FNO2S. The van der Waals surface area contributed by atoms with Crippen LogP contribution < -0.4 is 0 Å². The highest BCUT2D eigenvalue weighted by Crippen LogP contribution is 2.19. The minimum atomic E-state index is -3.60. The van der Waals surface area contributed by atoms with E-state index in [0.29, 0.717) is 0 Å². The molecule has 0 amide bonds. The van der Waals surface area contributed by atoms with Crippen molar-refractivity contribution in [2.45, 2.75) is 9.92 Å². The van der Waals surface area contributed by atoms with E-state index in [-0.39, 0.29) is 15.7 Å². The SMILES string of the molecule is O=S(=O)(c1ccc(/C=C/c2ccc(F)cc2)cc1)c1ccccn1. The smallest absolute Gasteiger partial charge is 0.223 e. The Balaban J connectivity index is 1.82. The summed E-state index contributed by atoms with van der Waals surface area (Å²) in [6.45, 7) is 0. The second-order valence-corrected chi connectivity index (χ2v) is 7.02. The summed E-state index contributed by atoms with van der Waals surface area (Å²) >= 11 is 0. The van der Waals surface area contributed by atoms with E-state index in [9.17, 15) is 12.8 Å². The van der Waals surface area contributed by atoms with Gasteiger partial charge < -0.3 is 0 Å². The van der Waals surface area contributed by atoms with Gasteiger partial charge >= 0.3 is 0 Å². The van der Waals surface area contributed by atoms with Gasteiger partial charge in [0.15, 0.2) is 5.03 Å². The highest BCUT2D eigenvalue weighted by molar-refractivity contribution is 7.91. The van der Waals surface area contributed by atoms with E-state index in [0.717, 1.165) is 11.1 Å². The molecule has 0 unspecified atom stereocenters. The summed E-state index contributed by atoms with van der Waals surface area (Å²) in [6, 6.07) is 17.4. The fourth-order valence-corrected chi connectivity index (χ4v) is 3.34. The maximum atomic E-state index is 12.9. The highest BCUT2D eigenvalue weighted by atomic mass is 32.2. The number of rotatable bonds is 4. The van der Waals surface area contributed by atoms with Crippen molar-refractivity contribution in [2.24, 2.45) is 0 Å². The Morgan fingerprint density at radius 2 is 1.38 bits per heavy atom. The zero-order valence-corrected chi connectivity index (χ0v) is 13.4. The number of halogens is 1. The third-order valence-corrected chi connectivity index (χ3v) is 5.13. The van der Waals surface area contributed by atoms with Gasteiger partial charge in [-0.2, -0.15) is 0 Å². The van der Waals surface area contributed by atoms with Gasteiger partial charge in [0, 0.05) is 6.20 Å². The molecule has 120 valence electrons. The van der Waals surface area contributed by atoms with Crippen LogP contribution in [-0.2, 0) is 9.84 Å². The largest absolute Gasteiger partial charge is 0.244 e. The highest BCUT2D eigenvalue weighted by Gasteiger charge is 2.18. The topological polar surface area (TPSA) is 47.0 Å². The second-order valence-electron chi connectivity index (χ2n) is 5.13. The van der Waals surface area contributed by atoms with Crippen LogP contribution in [0, 0.1) is 5.82 Å². The maximum absolute atomic E-state index is 12.9. The zero-order valence-electron chi connectivity index (χ0n) is 12.6. The van der Waals surface area contributed by atoms with Gasteiger partial charge in [0.1, 0.15) is 5.82 Å². The number of aromatic nitrogens is 1. The summed E-state index contributed by atoms with van der Waals surface area (Å²) in [4.78, 5) is 4.09. The first-order valence-corrected chi connectivity index (χ1v) is 8.74. The average Bonchev–Trinajstić information content (AvgIpc) is 2.62. The summed E-state index contributed by atoms with van der Waals surface area (Å²) in [6.07, 6.45) is 5.12. The Hall–Kier alpha value is -2.79. The molecule has 0 atom stereocenters. The Morgan fingerprint density at radius 3 is 1.92 bits per heavy atom. The van der Waals surface area contributed by atoms with E-state index < -0.39 is 9.84 Å². The molecule has 5 heteroatoms. The molecule has 0 aliphatic rings. The van der Waals surface area contributed by atoms with E-state index in [2.05, 4.69) is 4.98 Å². The van der Waals surface area contributed by atoms with Gasteiger partial charge in [0.25, 0.3) is 0 Å². The molecule has 0 saturated heterocycles. The molecule has 0 saturated carbocycles. The minimum Gasteiger partial charge on any atom is -0.244 e. The van der Waals surface area contributed by atoms with Crippen LogP contribution in [0.3, 0.4) is 0 Å². The van der Waals surface area contributed by atoms with Crippen molar-refractivity contribution in [1.29, 1.82) is 0 Å². The lowest BCUT2D eigenvalue weighted by atomic mass is 10.1. The average molecular weight is 339 g/mol. The van der Waals surface area contributed by atoms with Crippen molar-refractivity contribution >= 4 is 22.0 Å². The van der Waals surface area contributed by atoms with Crippen molar-refractivity contribution in [3.63, 3.8) is 0 Å². The quantitative estimate of drug-likeness (QED) is 0.669. The predicted octanol–water partition coefficient (Wildman–Crippen LogP) is 4.22. The summed E-state index contributed by atoms with van der Waals surface area (Å²) in [5.41, 5.74) is 1.71. The molecule has 1 heterocycles. The first kappa shape index (κ1) is 16.1. The van der Waals surface area contributed by atoms with Gasteiger partial charge in [-0.25, -0.2) is 17.8 Å². The molecule has 1 aromatic heterocycles. The molecule has 3 nitrogen and oxygen atoms in total. The van der Waals surface area contributed by atoms with Gasteiger partial charge in [-0.05, 0) is 47.5 Å². The summed E-state index contributed by atoms with van der Waals surface area (Å²) in [5.74, 6) is -0.281. The molecule has 0 aliphatic carbocycles. The molecule has 0 N–H and O–H groups in total. The van der Waals surface area contributed by atoms with Crippen LogP contribution in [0.1, 0.15) is 11.1 Å². The first-order chi connectivity index (χ1) is 11.6. The zero-order chi connectivity index (χ0) is 17.0. The van der Waals surface area contributed by atoms with Crippen LogP contribution in [0.25, 0.3) is 12.2 Å². The van der Waals surface area contributed by atoms with Crippen LogP contribution >= 0.6 is 0 Å². The number of nitrogens with zero attached hydrogens (tertiary/aromatic N) is 1. The Bertz CT molecular complexity index is 949. The lowest BCUT2D eigenvalue weighted by Gasteiger charge is -2.04. The Labute approximate surface area is 140 Å². The lowest BCUT2D eigenvalue weighted by molar-refractivity contribution is 0.592. The minimum absolute atomic E-state index is 0.0274. The molecule has 3 aromatic rings. The van der Waals surface area contributed by atoms with Crippen LogP contribution in [0.4, 0.5) is 4.39 Å². The number of hydrogen-bond acceptors (Lipinski definition) is 3. The number of sulfone groups is 1. The second kappa shape index (κ2) is 6.76. The molecule has 0 bridgehead atoms. The van der Waals surface area contributed by atoms with Crippen LogP contribution in [0.5, 0.6) is 0 Å². The molecule has 3 rings (SSSR count). The lowest BCUT2D eigenvalue weighted by Crippen LogP contribution is -2.03. The van der Waals surface area contributed by atoms with E-state index in [1.54, 1.807) is 48.5 Å². The van der Waals surface area contributed by atoms with Crippen molar-refractivity contribution in [3.05, 3.63) is 89.9 Å². The fraction of sp³-hybridized carbons (Fsp3) is 0. The molecule has 0 spiro atoms. The number of pyridine rings is 1. The van der Waals surface area contributed by atoms with Crippen LogP contribution in [-0.4, -0.2) is 13.4 Å². The molecular weight excluding hydrogens is 325 g/mol. The molecule has 0 radical (unpaired) electrons. The van der Waals surface area contributed by atoms with Crippen LogP contribution in [0.2, 0.25) is 0 Å². The number of hydrogen-bond donors (Lipinski definition) is 0. The predicted molar refractivity (Wildman–Crippen MR) is 91.5 cm³/mol. The van der Waals surface area contributed by atoms with E-state index in [1.165, 1.54) is 24.4 Å². The molecule has 24 heavy (non-hydrogen) atoms. The summed E-state index contributed by atoms with van der Waals surface area (Å²) in [5, 5.41) is 0.0274. The number of benzene rings is 2. The third-order valence-electron chi connectivity index (χ3n) is 3.44. The normalized spacial score (nSPS) is 11.7. The van der Waals surface area contributed by atoms with Gasteiger partial charge in [-0.15, -0.1) is 0 Å². The first-order valence-electron chi connectivity index (χ1n) is 7.25. The third kappa shape index (κ3) is 3.58. The van der Waals surface area contributed by atoms with Gasteiger partial charge in [0.05, 0.1) is 4.90 Å². The van der Waals surface area contributed by atoms with E-state index in [4.69, 9.17) is 0 Å². The van der Waals surface area contributed by atoms with E-state index in [1.807, 2.05) is 12.2 Å². The van der Waals surface area contributed by atoms with Crippen molar-refractivity contribution in [1.82, 2.24) is 4.98 Å². The summed E-state index contributed by atoms with van der Waals surface area (Å²) in [7, 11) is -3.60. The van der Waals surface area contributed by atoms with Crippen molar-refractivity contribution in [2.75, 3.05) is 0 Å². The standard InChI is InChI=1S/C19H14FNO2S/c20-17-10-6-15(7-11-17)4-5-16-8-12-18(13-9-16)24(22,23)19-3-1-2-14-21-19/h1-14H/b5-4+. The van der Waals surface area contributed by atoms with Crippen LogP contribution in [0.15, 0.2) is 82.8 Å². The van der Waals surface area contributed by atoms with Gasteiger partial charge in [-0.1, -0.05) is 42.5 Å². The van der Waals surface area contributed by atoms with Crippen molar-refractivity contribution < 1.29 is 12.8 Å². The fourth-order valence-electron chi connectivity index (χ4n) is 2.15. The Morgan fingerprint density at radius 1 is 0.792 bits per heavy atom. The van der Waals surface area contributed by atoms with Crippen molar-refractivity contribution in [3.8, 4) is 0 Å². The van der Waals surface area contributed by atoms with Gasteiger partial charge in [0.2, 0.25) is 9.84 Å².